The number of hydrogen-bond acceptors (Lipinski definition) is 5. The number of carboxylic acids is 1. The molecule has 1 aliphatic carbocycles. The second-order valence-electron chi connectivity index (χ2n) is 9.49. The van der Waals surface area contributed by atoms with Crippen molar-refractivity contribution in [2.45, 2.75) is 77.7 Å². The molecular formula is C28H34N4O3. The van der Waals surface area contributed by atoms with E-state index in [1.807, 2.05) is 28.9 Å². The second-order valence-corrected chi connectivity index (χ2v) is 9.49. The van der Waals surface area contributed by atoms with Gasteiger partial charge in [0, 0.05) is 31.1 Å². The summed E-state index contributed by atoms with van der Waals surface area (Å²) in [6.45, 7) is 2.92. The third-order valence-corrected chi connectivity index (χ3v) is 6.81. The van der Waals surface area contributed by atoms with Crippen molar-refractivity contribution in [2.75, 3.05) is 0 Å². The van der Waals surface area contributed by atoms with E-state index in [4.69, 9.17) is 0 Å². The van der Waals surface area contributed by atoms with E-state index in [1.54, 1.807) is 12.1 Å². The molecule has 2 aromatic heterocycles. The maximum atomic E-state index is 13.0. The lowest BCUT2D eigenvalue weighted by Crippen LogP contribution is -2.13. The monoisotopic (exact) mass is 474 g/mol. The van der Waals surface area contributed by atoms with Crippen LogP contribution in [0.25, 0.3) is 11.1 Å². The molecule has 1 aromatic carbocycles. The fraction of sp³-hybridized carbons (Fsp3) is 0.464. The van der Waals surface area contributed by atoms with Gasteiger partial charge in [0.25, 0.3) is 0 Å². The van der Waals surface area contributed by atoms with Gasteiger partial charge in [-0.2, -0.15) is 0 Å². The molecule has 4 rings (SSSR count). The summed E-state index contributed by atoms with van der Waals surface area (Å²) in [5.41, 5.74) is 2.46. The zero-order valence-corrected chi connectivity index (χ0v) is 20.4. The molecule has 1 N–H and O–H groups in total. The molecule has 35 heavy (non-hydrogen) atoms. The molecule has 3 aromatic rings. The topological polar surface area (TPSA) is 98.0 Å². The largest absolute Gasteiger partial charge is 0.476 e. The maximum Gasteiger partial charge on any atom is 0.355 e. The van der Waals surface area contributed by atoms with Crippen molar-refractivity contribution in [3.8, 4) is 11.1 Å². The Labute approximate surface area is 206 Å². The molecule has 1 aliphatic rings. The minimum Gasteiger partial charge on any atom is -0.476 e. The molecule has 1 saturated carbocycles. The molecule has 0 aliphatic heterocycles. The molecule has 0 radical (unpaired) electrons. The van der Waals surface area contributed by atoms with Crippen LogP contribution >= 0.6 is 0 Å². The molecular weight excluding hydrogens is 440 g/mol. The van der Waals surface area contributed by atoms with Crippen molar-refractivity contribution in [1.82, 2.24) is 19.7 Å². The highest BCUT2D eigenvalue weighted by atomic mass is 16.4. The molecule has 0 unspecified atom stereocenters. The summed E-state index contributed by atoms with van der Waals surface area (Å²) in [6.07, 6.45) is 11.8. The third kappa shape index (κ3) is 6.41. The van der Waals surface area contributed by atoms with E-state index < -0.39 is 5.97 Å². The standard InChI is InChI=1S/C28H34N4O3/c1-2-3-7-17-32-25(30-27(31-32)24(33)18-20-9-5-4-6-10-20)19-21-12-14-22(15-13-21)23-11-8-16-29-26(23)28(34)35/h8,11-16,20H,2-7,9-10,17-19H2,1H3,(H,34,35). The van der Waals surface area contributed by atoms with Gasteiger partial charge in [-0.25, -0.2) is 19.4 Å². The van der Waals surface area contributed by atoms with Gasteiger partial charge in [-0.15, -0.1) is 5.10 Å². The molecule has 184 valence electrons. The molecule has 1 fully saturated rings. The van der Waals surface area contributed by atoms with Crippen LogP contribution < -0.4 is 0 Å². The number of unbranched alkanes of at least 4 members (excludes halogenated alkanes) is 2. The highest BCUT2D eigenvalue weighted by Crippen LogP contribution is 2.27. The summed E-state index contributed by atoms with van der Waals surface area (Å²) in [6, 6.07) is 11.3. The van der Waals surface area contributed by atoms with Gasteiger partial charge in [-0.05, 0) is 29.5 Å². The Hall–Kier alpha value is -3.35. The zero-order valence-electron chi connectivity index (χ0n) is 20.4. The van der Waals surface area contributed by atoms with Crippen molar-refractivity contribution in [3.63, 3.8) is 0 Å². The van der Waals surface area contributed by atoms with E-state index in [0.29, 0.717) is 30.1 Å². The second kappa shape index (κ2) is 11.9. The first-order valence-corrected chi connectivity index (χ1v) is 12.8. The van der Waals surface area contributed by atoms with Gasteiger partial charge in [0.15, 0.2) is 5.69 Å². The van der Waals surface area contributed by atoms with Crippen LogP contribution in [0, 0.1) is 5.92 Å². The number of nitrogens with zero attached hydrogens (tertiary/aromatic N) is 4. The molecule has 2 heterocycles. The van der Waals surface area contributed by atoms with E-state index in [1.165, 1.54) is 25.5 Å². The quantitative estimate of drug-likeness (QED) is 0.271. The summed E-state index contributed by atoms with van der Waals surface area (Å²) >= 11 is 0. The minimum atomic E-state index is -1.05. The van der Waals surface area contributed by atoms with E-state index >= 15 is 0 Å². The predicted octanol–water partition coefficient (Wildman–Crippen LogP) is 5.97. The molecule has 0 saturated heterocycles. The fourth-order valence-electron chi connectivity index (χ4n) is 4.85. The summed E-state index contributed by atoms with van der Waals surface area (Å²) in [4.78, 5) is 33.2. The van der Waals surface area contributed by atoms with Gasteiger partial charge in [0.05, 0.1) is 0 Å². The van der Waals surface area contributed by atoms with E-state index in [-0.39, 0.29) is 11.5 Å². The molecule has 0 spiro atoms. The number of aryl methyl sites for hydroxylation is 1. The number of carboxylic acid groups (broad SMARTS) is 1. The average Bonchev–Trinajstić information content (AvgIpc) is 3.28. The number of benzene rings is 1. The lowest BCUT2D eigenvalue weighted by atomic mass is 9.86. The van der Waals surface area contributed by atoms with Gasteiger partial charge in [-0.1, -0.05) is 82.2 Å². The average molecular weight is 475 g/mol. The summed E-state index contributed by atoms with van der Waals surface area (Å²) in [5, 5.41) is 14.1. The van der Waals surface area contributed by atoms with Gasteiger partial charge < -0.3 is 5.11 Å². The molecule has 7 nitrogen and oxygen atoms in total. The van der Waals surface area contributed by atoms with Crippen LogP contribution in [0.5, 0.6) is 0 Å². The molecule has 0 bridgehead atoms. The normalized spacial score (nSPS) is 14.2. The van der Waals surface area contributed by atoms with Crippen molar-refractivity contribution in [3.05, 3.63) is 65.5 Å². The number of ketones is 1. The number of rotatable bonds is 11. The summed E-state index contributed by atoms with van der Waals surface area (Å²) < 4.78 is 1.90. The number of carbonyl (C=O) groups is 2. The van der Waals surface area contributed by atoms with Gasteiger partial charge >= 0.3 is 5.97 Å². The van der Waals surface area contributed by atoms with Crippen molar-refractivity contribution in [1.29, 1.82) is 0 Å². The van der Waals surface area contributed by atoms with Crippen molar-refractivity contribution >= 4 is 11.8 Å². The Bertz CT molecular complexity index is 1150. The molecule has 0 amide bonds. The van der Waals surface area contributed by atoms with Crippen LogP contribution in [0.1, 0.15) is 97.2 Å². The van der Waals surface area contributed by atoms with Gasteiger partial charge in [-0.3, -0.25) is 4.79 Å². The first kappa shape index (κ1) is 24.8. The van der Waals surface area contributed by atoms with Crippen molar-refractivity contribution < 1.29 is 14.7 Å². The first-order chi connectivity index (χ1) is 17.0. The van der Waals surface area contributed by atoms with Crippen LogP contribution in [0.4, 0.5) is 0 Å². The van der Waals surface area contributed by atoms with Crippen LogP contribution in [0.15, 0.2) is 42.6 Å². The van der Waals surface area contributed by atoms with Crippen LogP contribution in [-0.2, 0) is 13.0 Å². The van der Waals surface area contributed by atoms with Gasteiger partial charge in [0.2, 0.25) is 11.6 Å². The number of pyridine rings is 1. The zero-order chi connectivity index (χ0) is 24.6. The smallest absolute Gasteiger partial charge is 0.355 e. The lowest BCUT2D eigenvalue weighted by molar-refractivity contribution is 0.0691. The Morgan fingerprint density at radius 1 is 1.06 bits per heavy atom. The number of carbonyl (C=O) groups excluding carboxylic acids is 1. The number of aromatic nitrogens is 4. The third-order valence-electron chi connectivity index (χ3n) is 6.81. The number of Topliss-reactive ketones (excluding diaryl/α,β-unsaturated/α-hetero) is 1. The first-order valence-electron chi connectivity index (χ1n) is 12.8. The van der Waals surface area contributed by atoms with E-state index in [0.717, 1.165) is 55.6 Å². The van der Waals surface area contributed by atoms with Crippen LogP contribution in [0.3, 0.4) is 0 Å². The molecule has 0 atom stereocenters. The van der Waals surface area contributed by atoms with E-state index in [2.05, 4.69) is 22.0 Å². The van der Waals surface area contributed by atoms with Crippen LogP contribution in [0.2, 0.25) is 0 Å². The Morgan fingerprint density at radius 2 is 1.83 bits per heavy atom. The van der Waals surface area contributed by atoms with Gasteiger partial charge in [0.1, 0.15) is 5.82 Å². The Balaban J connectivity index is 1.52. The minimum absolute atomic E-state index is 0.0389. The molecule has 7 heteroatoms. The summed E-state index contributed by atoms with van der Waals surface area (Å²) in [7, 11) is 0. The highest BCUT2D eigenvalue weighted by molar-refractivity contribution is 5.94. The number of aromatic carboxylic acids is 1. The van der Waals surface area contributed by atoms with Crippen LogP contribution in [-0.4, -0.2) is 36.6 Å². The van der Waals surface area contributed by atoms with E-state index in [9.17, 15) is 14.7 Å². The highest BCUT2D eigenvalue weighted by Gasteiger charge is 2.22. The predicted molar refractivity (Wildman–Crippen MR) is 135 cm³/mol. The maximum absolute atomic E-state index is 13.0. The van der Waals surface area contributed by atoms with Crippen molar-refractivity contribution in [2.24, 2.45) is 5.92 Å². The SMILES string of the molecule is CCCCCn1nc(C(=O)CC2CCCCC2)nc1Cc1ccc(-c2cccnc2C(=O)O)cc1. The Kier molecular flexibility index (Phi) is 8.40. The lowest BCUT2D eigenvalue weighted by Gasteiger charge is -2.19. The number of hydrogen-bond donors (Lipinski definition) is 1. The fourth-order valence-corrected chi connectivity index (χ4v) is 4.85. The summed E-state index contributed by atoms with van der Waals surface area (Å²) in [5.74, 6) is 0.617. The Morgan fingerprint density at radius 3 is 2.54 bits per heavy atom.